The highest BCUT2D eigenvalue weighted by molar-refractivity contribution is 7.15. The van der Waals surface area contributed by atoms with Crippen LogP contribution in [0.5, 0.6) is 0 Å². The summed E-state index contributed by atoms with van der Waals surface area (Å²) in [5, 5.41) is 3.33. The minimum Gasteiger partial charge on any atom is -0.380 e. The van der Waals surface area contributed by atoms with Crippen LogP contribution in [0.2, 0.25) is 4.47 Å². The largest absolute Gasteiger partial charge is 0.380 e. The maximum Gasteiger partial charge on any atom is 0.258 e. The minimum atomic E-state index is 0.0608. The van der Waals surface area contributed by atoms with Crippen molar-refractivity contribution in [1.29, 1.82) is 0 Å². The molecule has 1 amide bonds. The summed E-state index contributed by atoms with van der Waals surface area (Å²) in [5.74, 6) is 0.0608. The molecule has 0 bridgehead atoms. The van der Waals surface area contributed by atoms with Crippen LogP contribution in [0.25, 0.3) is 0 Å². The molecule has 2 heterocycles. The van der Waals surface area contributed by atoms with E-state index < -0.39 is 0 Å². The topological polar surface area (TPSA) is 45.2 Å². The first-order chi connectivity index (χ1) is 11.7. The van der Waals surface area contributed by atoms with Gasteiger partial charge in [0.1, 0.15) is 0 Å². The Balaban J connectivity index is 1.46. The van der Waals surface area contributed by atoms with E-state index in [-0.39, 0.29) is 5.91 Å². The summed E-state index contributed by atoms with van der Waals surface area (Å²) < 4.78 is 0.550. The molecule has 2 aromatic carbocycles. The molecule has 0 spiro atoms. The van der Waals surface area contributed by atoms with Gasteiger partial charge < -0.3 is 10.2 Å². The second kappa shape index (κ2) is 6.26. The lowest BCUT2D eigenvalue weighted by atomic mass is 10.1. The third kappa shape index (κ3) is 2.88. The lowest BCUT2D eigenvalue weighted by molar-refractivity contribution is 0.0996. The van der Waals surface area contributed by atoms with E-state index in [2.05, 4.69) is 10.3 Å². The van der Waals surface area contributed by atoms with E-state index in [1.165, 1.54) is 11.3 Å². The second-order valence-electron chi connectivity index (χ2n) is 5.53. The summed E-state index contributed by atoms with van der Waals surface area (Å²) in [5.41, 5.74) is 3.77. The van der Waals surface area contributed by atoms with Crippen LogP contribution in [0.4, 0.5) is 11.4 Å². The molecule has 0 radical (unpaired) electrons. The number of hydrogen-bond acceptors (Lipinski definition) is 4. The van der Waals surface area contributed by atoms with Crippen LogP contribution in [-0.4, -0.2) is 10.9 Å². The van der Waals surface area contributed by atoms with Crippen molar-refractivity contribution in [1.82, 2.24) is 4.98 Å². The molecule has 0 saturated carbocycles. The van der Waals surface area contributed by atoms with Gasteiger partial charge in [0.2, 0.25) is 0 Å². The van der Waals surface area contributed by atoms with Crippen molar-refractivity contribution in [3.05, 3.63) is 75.2 Å². The predicted octanol–water partition coefficient (Wildman–Crippen LogP) is 4.57. The molecule has 3 aromatic rings. The number of hydrogen-bond donors (Lipinski definition) is 1. The molecule has 0 fully saturated rings. The van der Waals surface area contributed by atoms with Crippen LogP contribution in [0.3, 0.4) is 0 Å². The molecule has 0 unspecified atom stereocenters. The Morgan fingerprint density at radius 3 is 2.67 bits per heavy atom. The Morgan fingerprint density at radius 1 is 1.17 bits per heavy atom. The smallest absolute Gasteiger partial charge is 0.258 e. The van der Waals surface area contributed by atoms with Crippen LogP contribution < -0.4 is 10.2 Å². The van der Waals surface area contributed by atoms with Gasteiger partial charge in [0.15, 0.2) is 4.47 Å². The predicted molar refractivity (Wildman–Crippen MR) is 97.8 cm³/mol. The van der Waals surface area contributed by atoms with Gasteiger partial charge in [0.25, 0.3) is 5.91 Å². The van der Waals surface area contributed by atoms with Crippen LogP contribution in [-0.2, 0) is 13.1 Å². The minimum absolute atomic E-state index is 0.0608. The van der Waals surface area contributed by atoms with Crippen LogP contribution in [0.15, 0.2) is 54.7 Å². The molecule has 120 valence electrons. The average molecular weight is 356 g/mol. The zero-order valence-corrected chi connectivity index (χ0v) is 14.3. The Hall–Kier alpha value is -2.37. The fraction of sp³-hybridized carbons (Fsp3) is 0.111. The van der Waals surface area contributed by atoms with Crippen molar-refractivity contribution in [3.8, 4) is 0 Å². The second-order valence-corrected chi connectivity index (χ2v) is 7.23. The van der Waals surface area contributed by atoms with Crippen molar-refractivity contribution in [2.45, 2.75) is 13.1 Å². The molecule has 0 aliphatic carbocycles. The normalized spacial score (nSPS) is 13.2. The number of thiazole rings is 1. The summed E-state index contributed by atoms with van der Waals surface area (Å²) in [6.07, 6.45) is 1.77. The van der Waals surface area contributed by atoms with Gasteiger partial charge in [-0.1, -0.05) is 29.8 Å². The summed E-state index contributed by atoms with van der Waals surface area (Å²) in [6.45, 7) is 1.30. The van der Waals surface area contributed by atoms with E-state index in [1.807, 2.05) is 48.5 Å². The lowest BCUT2D eigenvalue weighted by Gasteiger charge is -2.16. The van der Waals surface area contributed by atoms with E-state index in [0.717, 1.165) is 27.4 Å². The van der Waals surface area contributed by atoms with Crippen LogP contribution >= 0.6 is 22.9 Å². The molecule has 24 heavy (non-hydrogen) atoms. The van der Waals surface area contributed by atoms with Gasteiger partial charge in [-0.3, -0.25) is 4.79 Å². The van der Waals surface area contributed by atoms with Gasteiger partial charge in [0, 0.05) is 28.0 Å². The fourth-order valence-corrected chi connectivity index (χ4v) is 3.69. The standard InChI is InChI=1S/C18H14ClN3OS/c19-18-21-10-15(24-18)9-20-13-5-7-14(8-6-13)22-11-12-3-1-2-4-16(12)17(22)23/h1-8,10,20H,9,11H2. The molecule has 1 aliphatic rings. The number of carbonyl (C=O) groups excluding carboxylic acids is 1. The highest BCUT2D eigenvalue weighted by Crippen LogP contribution is 2.29. The molecule has 1 aliphatic heterocycles. The van der Waals surface area contributed by atoms with E-state index in [0.29, 0.717) is 17.6 Å². The Labute approximate surface area is 148 Å². The van der Waals surface area contributed by atoms with E-state index in [1.54, 1.807) is 11.1 Å². The average Bonchev–Trinajstić information content (AvgIpc) is 3.17. The number of benzene rings is 2. The molecular weight excluding hydrogens is 342 g/mol. The van der Waals surface area contributed by atoms with Crippen molar-refractivity contribution in [3.63, 3.8) is 0 Å². The van der Waals surface area contributed by atoms with E-state index in [4.69, 9.17) is 11.6 Å². The SMILES string of the molecule is O=C1c2ccccc2CN1c1ccc(NCc2cnc(Cl)s2)cc1. The third-order valence-corrected chi connectivity index (χ3v) is 5.11. The molecular formula is C18H14ClN3OS. The number of nitrogens with zero attached hydrogens (tertiary/aromatic N) is 2. The van der Waals surface area contributed by atoms with Gasteiger partial charge in [-0.2, -0.15) is 0 Å². The molecule has 4 nitrogen and oxygen atoms in total. The Kier molecular flexibility index (Phi) is 3.96. The number of aromatic nitrogens is 1. The van der Waals surface area contributed by atoms with Crippen LogP contribution in [0.1, 0.15) is 20.8 Å². The first kappa shape index (κ1) is 15.2. The third-order valence-electron chi connectivity index (χ3n) is 3.99. The van der Waals surface area contributed by atoms with Crippen molar-refractivity contribution < 1.29 is 4.79 Å². The maximum absolute atomic E-state index is 12.5. The first-order valence-electron chi connectivity index (χ1n) is 7.54. The number of carbonyl (C=O) groups is 1. The number of nitrogens with one attached hydrogen (secondary N) is 1. The number of halogens is 1. The number of fused-ring (bicyclic) bond motifs is 1. The lowest BCUT2D eigenvalue weighted by Crippen LogP contribution is -2.22. The zero-order chi connectivity index (χ0) is 16.5. The number of amides is 1. The van der Waals surface area contributed by atoms with Gasteiger partial charge in [-0.25, -0.2) is 4.98 Å². The molecule has 1 N–H and O–H groups in total. The van der Waals surface area contributed by atoms with Gasteiger partial charge in [0.05, 0.1) is 13.1 Å². The summed E-state index contributed by atoms with van der Waals surface area (Å²) in [4.78, 5) is 19.4. The van der Waals surface area contributed by atoms with Gasteiger partial charge in [-0.15, -0.1) is 11.3 Å². The Bertz CT molecular complexity index is 891. The highest BCUT2D eigenvalue weighted by atomic mass is 35.5. The van der Waals surface area contributed by atoms with Crippen molar-refractivity contribution in [2.24, 2.45) is 0 Å². The summed E-state index contributed by atoms with van der Waals surface area (Å²) >= 11 is 7.29. The first-order valence-corrected chi connectivity index (χ1v) is 8.74. The van der Waals surface area contributed by atoms with Gasteiger partial charge >= 0.3 is 0 Å². The molecule has 0 saturated heterocycles. The fourth-order valence-electron chi connectivity index (χ4n) is 2.78. The van der Waals surface area contributed by atoms with Crippen LogP contribution in [0, 0.1) is 0 Å². The molecule has 4 rings (SSSR count). The summed E-state index contributed by atoms with van der Waals surface area (Å²) in [7, 11) is 0. The summed E-state index contributed by atoms with van der Waals surface area (Å²) in [6, 6.07) is 15.6. The van der Waals surface area contributed by atoms with Gasteiger partial charge in [-0.05, 0) is 35.9 Å². The number of anilines is 2. The maximum atomic E-state index is 12.5. The molecule has 6 heteroatoms. The van der Waals surface area contributed by atoms with E-state index >= 15 is 0 Å². The van der Waals surface area contributed by atoms with E-state index in [9.17, 15) is 4.79 Å². The molecule has 1 aromatic heterocycles. The Morgan fingerprint density at radius 2 is 1.96 bits per heavy atom. The highest BCUT2D eigenvalue weighted by Gasteiger charge is 2.27. The van der Waals surface area contributed by atoms with Crippen molar-refractivity contribution >= 4 is 40.2 Å². The monoisotopic (exact) mass is 355 g/mol. The van der Waals surface area contributed by atoms with Crippen molar-refractivity contribution in [2.75, 3.05) is 10.2 Å². The number of rotatable bonds is 4. The zero-order valence-electron chi connectivity index (χ0n) is 12.7. The quantitative estimate of drug-likeness (QED) is 0.745. The molecule has 0 atom stereocenters.